The predicted molar refractivity (Wildman–Crippen MR) is 156 cm³/mol. The molecule has 0 spiro atoms. The second kappa shape index (κ2) is 12.8. The van der Waals surface area contributed by atoms with Gasteiger partial charge in [0.25, 0.3) is 0 Å². The van der Waals surface area contributed by atoms with Gasteiger partial charge in [0.2, 0.25) is 5.91 Å². The minimum atomic E-state index is -1.83. The number of hydrogen-bond acceptors (Lipinski definition) is 10. The van der Waals surface area contributed by atoms with Crippen molar-refractivity contribution < 1.29 is 48.3 Å². The molecule has 7 atom stereocenters. The zero-order valence-corrected chi connectivity index (χ0v) is 25.8. The summed E-state index contributed by atoms with van der Waals surface area (Å²) in [6, 6.07) is 3.44. The minimum Gasteiger partial charge on any atom is -0.495 e. The Hall–Kier alpha value is -3.16. The average molecular weight is 623 g/mol. The summed E-state index contributed by atoms with van der Waals surface area (Å²) in [6.45, 7) is 4.49. The maximum Gasteiger partial charge on any atom is 0.409 e. The lowest BCUT2D eigenvalue weighted by molar-refractivity contribution is -0.151. The monoisotopic (exact) mass is 622 g/mol. The number of carbonyl (C=O) groups is 3. The van der Waals surface area contributed by atoms with Crippen LogP contribution in [0.4, 0.5) is 10.5 Å². The molecule has 0 aliphatic carbocycles. The maximum absolute atomic E-state index is 13.6. The molecule has 12 nitrogen and oxygen atoms in total. The number of hydrogen-bond donors (Lipinski definition) is 3. The van der Waals surface area contributed by atoms with Gasteiger partial charge in [-0.1, -0.05) is 36.8 Å². The van der Waals surface area contributed by atoms with Crippen LogP contribution in [0, 0.1) is 5.92 Å². The summed E-state index contributed by atoms with van der Waals surface area (Å²) < 4.78 is 28.3. The average Bonchev–Trinajstić information content (AvgIpc) is 3.65. The van der Waals surface area contributed by atoms with Crippen molar-refractivity contribution in [2.24, 2.45) is 5.92 Å². The highest BCUT2D eigenvalue weighted by atomic mass is 35.5. The van der Waals surface area contributed by atoms with E-state index < -0.39 is 59.6 Å². The Kier molecular flexibility index (Phi) is 9.77. The van der Waals surface area contributed by atoms with E-state index in [0.717, 1.165) is 0 Å². The number of alkyl carbamates (subject to hydrolysis) is 1. The van der Waals surface area contributed by atoms with Gasteiger partial charge in [0.1, 0.15) is 34.7 Å². The highest BCUT2D eigenvalue weighted by molar-refractivity contribution is 6.35. The van der Waals surface area contributed by atoms with Crippen LogP contribution in [0.5, 0.6) is 5.75 Å². The molecule has 2 saturated heterocycles. The summed E-state index contributed by atoms with van der Waals surface area (Å²) in [7, 11) is 4.42. The number of ether oxygens (including phenoxy) is 5. The Bertz CT molecular complexity index is 1320. The number of allylic oxidation sites excluding steroid dienone is 2. The number of aliphatic hydroxyl groups excluding tert-OH is 1. The third-order valence-electron chi connectivity index (χ3n) is 8.36. The van der Waals surface area contributed by atoms with E-state index in [1.54, 1.807) is 51.3 Å². The summed E-state index contributed by atoms with van der Waals surface area (Å²) >= 11 is 6.63. The molecule has 3 aliphatic rings. The highest BCUT2D eigenvalue weighted by Crippen LogP contribution is 2.49. The Labute approximate surface area is 255 Å². The second-order valence-corrected chi connectivity index (χ2v) is 11.7. The molecule has 3 N–H and O–H groups in total. The van der Waals surface area contributed by atoms with Crippen molar-refractivity contribution >= 4 is 35.3 Å². The van der Waals surface area contributed by atoms with E-state index in [4.69, 9.17) is 35.3 Å². The molecule has 0 unspecified atom stereocenters. The molecule has 1 aromatic rings. The van der Waals surface area contributed by atoms with Crippen LogP contribution in [-0.4, -0.2) is 91.8 Å². The number of halogens is 1. The number of fused-ring (bicyclic) bond motifs is 5. The lowest BCUT2D eigenvalue weighted by Gasteiger charge is -2.42. The number of benzene rings is 1. The Morgan fingerprint density at radius 1 is 1.28 bits per heavy atom. The molecular formula is C30H39ClN2O10. The number of esters is 1. The van der Waals surface area contributed by atoms with Gasteiger partial charge in [0, 0.05) is 33.4 Å². The van der Waals surface area contributed by atoms with E-state index in [9.17, 15) is 24.6 Å². The van der Waals surface area contributed by atoms with E-state index in [0.29, 0.717) is 22.6 Å². The molecule has 3 aliphatic heterocycles. The van der Waals surface area contributed by atoms with Gasteiger partial charge in [-0.25, -0.2) is 4.79 Å². The van der Waals surface area contributed by atoms with Gasteiger partial charge in [-0.3, -0.25) is 14.9 Å². The third-order valence-corrected chi connectivity index (χ3v) is 8.74. The van der Waals surface area contributed by atoms with E-state index in [2.05, 4.69) is 5.32 Å². The summed E-state index contributed by atoms with van der Waals surface area (Å²) in [4.78, 5) is 39.7. The number of aliphatic hydroxyl groups is 2. The van der Waals surface area contributed by atoms with E-state index in [1.807, 2.05) is 0 Å². The van der Waals surface area contributed by atoms with Crippen molar-refractivity contribution in [3.63, 3.8) is 0 Å². The molecule has 4 rings (SSSR count). The molecule has 4 bridgehead atoms. The molecular weight excluding hydrogens is 584 g/mol. The smallest absolute Gasteiger partial charge is 0.409 e. The molecule has 13 heteroatoms. The number of amides is 2. The number of carbonyl (C=O) groups excluding carboxylic acids is 3. The lowest BCUT2D eigenvalue weighted by atomic mass is 9.83. The van der Waals surface area contributed by atoms with Gasteiger partial charge in [-0.05, 0) is 36.6 Å². The first kappa shape index (κ1) is 32.7. The quantitative estimate of drug-likeness (QED) is 0.337. The van der Waals surface area contributed by atoms with E-state index in [-0.39, 0.29) is 30.9 Å². The number of nitrogens with zero attached hydrogens (tertiary/aromatic N) is 1. The fourth-order valence-electron chi connectivity index (χ4n) is 5.83. The largest absolute Gasteiger partial charge is 0.495 e. The summed E-state index contributed by atoms with van der Waals surface area (Å²) in [6.07, 6.45) is 0.724. The lowest BCUT2D eigenvalue weighted by Crippen LogP contribution is -2.63. The fraction of sp³-hybridized carbons (Fsp3) is 0.567. The molecule has 1 aromatic carbocycles. The first-order chi connectivity index (χ1) is 20.3. The van der Waals surface area contributed by atoms with Crippen molar-refractivity contribution in [3.05, 3.63) is 46.5 Å². The summed E-state index contributed by atoms with van der Waals surface area (Å²) in [5.41, 5.74) is -1.24. The first-order valence-electron chi connectivity index (χ1n) is 13.9. The zero-order chi connectivity index (χ0) is 31.7. The van der Waals surface area contributed by atoms with Crippen LogP contribution >= 0.6 is 11.6 Å². The molecule has 43 heavy (non-hydrogen) atoms. The first-order valence-corrected chi connectivity index (χ1v) is 14.3. The topological polar surface area (TPSA) is 156 Å². The number of nitrogens with one attached hydrogen (secondary N) is 1. The van der Waals surface area contributed by atoms with Crippen molar-refractivity contribution in [3.8, 4) is 5.75 Å². The van der Waals surface area contributed by atoms with Crippen LogP contribution in [0.15, 0.2) is 35.9 Å². The van der Waals surface area contributed by atoms with Gasteiger partial charge in [-0.15, -0.1) is 0 Å². The van der Waals surface area contributed by atoms with Gasteiger partial charge < -0.3 is 38.8 Å². The molecule has 0 radical (unpaired) electrons. The van der Waals surface area contributed by atoms with E-state index >= 15 is 0 Å². The van der Waals surface area contributed by atoms with Gasteiger partial charge in [0.05, 0.1) is 31.9 Å². The van der Waals surface area contributed by atoms with Crippen LogP contribution in [-0.2, 0) is 35.0 Å². The van der Waals surface area contributed by atoms with Crippen LogP contribution in [0.1, 0.15) is 39.2 Å². The van der Waals surface area contributed by atoms with Crippen molar-refractivity contribution in [2.75, 3.05) is 32.8 Å². The molecule has 2 fully saturated rings. The number of anilines is 1. The highest BCUT2D eigenvalue weighted by Gasteiger charge is 2.64. The standard InChI is InChI=1S/C30H39ClN2O10/c1-16-22-14-30(38,32-28(37)42-22)23(40-6)9-7-8-18(15-34)10-19-11-20(26(31)21(12-19)39-5)33(4)25(36)13-24(41-17(2)35)29(3)27(16)43-29/h7-9,11-12,16,22-24,27,34,38H,10,13-15H2,1-6H3,(H,32,37)/b9-7+,18-8-/t16-,22+,23-,24+,27+,29+,30+/m1/s1. The fourth-order valence-corrected chi connectivity index (χ4v) is 6.14. The Balaban J connectivity index is 1.81. The summed E-state index contributed by atoms with van der Waals surface area (Å²) in [5.74, 6) is -1.13. The van der Waals surface area contributed by atoms with Crippen LogP contribution in [0.3, 0.4) is 0 Å². The minimum absolute atomic E-state index is 0.0424. The number of methoxy groups -OCH3 is 2. The molecule has 236 valence electrons. The molecule has 0 saturated carbocycles. The van der Waals surface area contributed by atoms with Crippen molar-refractivity contribution in [1.82, 2.24) is 5.32 Å². The predicted octanol–water partition coefficient (Wildman–Crippen LogP) is 2.66. The molecule has 3 heterocycles. The summed E-state index contributed by atoms with van der Waals surface area (Å²) in [5, 5.41) is 24.3. The van der Waals surface area contributed by atoms with Crippen molar-refractivity contribution in [2.45, 2.75) is 75.8 Å². The van der Waals surface area contributed by atoms with Gasteiger partial charge in [0.15, 0.2) is 5.72 Å². The zero-order valence-electron chi connectivity index (χ0n) is 25.1. The van der Waals surface area contributed by atoms with Gasteiger partial charge >= 0.3 is 12.1 Å². The normalized spacial score (nSPS) is 35.0. The molecule has 2 amide bonds. The molecule has 0 aromatic heterocycles. The number of rotatable bonds is 4. The maximum atomic E-state index is 13.6. The SMILES string of the molecule is COc1cc2cc(c1Cl)N(C)C(=O)C[C@H](OC(C)=O)[C@]1(C)O[C@H]1[C@H](C)[C@@H]1C[C@@](O)(NC(=O)O1)[C@H](OC)/C=C/C=C(\CO)C2. The van der Waals surface area contributed by atoms with Crippen molar-refractivity contribution in [1.29, 1.82) is 0 Å². The van der Waals surface area contributed by atoms with Crippen LogP contribution < -0.4 is 15.0 Å². The van der Waals surface area contributed by atoms with E-state index in [1.165, 1.54) is 26.0 Å². The third kappa shape index (κ3) is 6.83. The van der Waals surface area contributed by atoms with Crippen LogP contribution in [0.2, 0.25) is 5.02 Å². The van der Waals surface area contributed by atoms with Gasteiger partial charge in [-0.2, -0.15) is 0 Å². The van der Waals surface area contributed by atoms with Crippen LogP contribution in [0.25, 0.3) is 0 Å². The number of epoxide rings is 1. The second-order valence-electron chi connectivity index (χ2n) is 11.4. The Morgan fingerprint density at radius 3 is 2.63 bits per heavy atom. The Morgan fingerprint density at radius 2 is 2.00 bits per heavy atom.